The Bertz CT molecular complexity index is 1110. The minimum Gasteiger partial charge on any atom is -0.450 e. The first kappa shape index (κ1) is 17.7. The van der Waals surface area contributed by atoms with Crippen LogP contribution in [-0.2, 0) is 0 Å². The maximum atomic E-state index is 14.5. The summed E-state index contributed by atoms with van der Waals surface area (Å²) in [5.41, 5.74) is 0.128. The lowest BCUT2D eigenvalue weighted by atomic mass is 9.98. The number of aliphatic hydroxyl groups excluding tert-OH is 1. The van der Waals surface area contributed by atoms with Gasteiger partial charge in [0, 0.05) is 23.7 Å². The van der Waals surface area contributed by atoms with Crippen molar-refractivity contribution in [1.29, 1.82) is 0 Å². The fraction of sp³-hybridized carbons (Fsp3) is 0.200. The lowest BCUT2D eigenvalue weighted by molar-refractivity contribution is 0.0714. The van der Waals surface area contributed by atoms with E-state index in [0.717, 1.165) is 0 Å². The van der Waals surface area contributed by atoms with Crippen molar-refractivity contribution in [2.75, 3.05) is 13.2 Å². The Morgan fingerprint density at radius 3 is 2.70 bits per heavy atom. The van der Waals surface area contributed by atoms with Gasteiger partial charge >= 0.3 is 0 Å². The molecule has 0 aliphatic carbocycles. The van der Waals surface area contributed by atoms with E-state index in [1.165, 1.54) is 35.2 Å². The van der Waals surface area contributed by atoms with Gasteiger partial charge in [-0.3, -0.25) is 9.59 Å². The van der Waals surface area contributed by atoms with E-state index in [4.69, 9.17) is 21.1 Å². The minimum absolute atomic E-state index is 0.0952. The minimum atomic E-state index is -0.917. The Hall–Kier alpha value is -2.70. The number of halogens is 2. The summed E-state index contributed by atoms with van der Waals surface area (Å²) in [5.74, 6) is -1.12. The number of hydrogen-bond donors (Lipinski definition) is 1. The zero-order valence-corrected chi connectivity index (χ0v) is 14.9. The van der Waals surface area contributed by atoms with Gasteiger partial charge in [0.1, 0.15) is 11.4 Å². The van der Waals surface area contributed by atoms with Gasteiger partial charge in [0.15, 0.2) is 5.43 Å². The predicted molar refractivity (Wildman–Crippen MR) is 98.5 cm³/mol. The van der Waals surface area contributed by atoms with E-state index in [1.807, 2.05) is 0 Å². The number of aliphatic hydroxyl groups is 1. The van der Waals surface area contributed by atoms with Crippen molar-refractivity contribution in [3.05, 3.63) is 80.4 Å². The Balaban J connectivity index is 2.00. The molecule has 3 aromatic rings. The van der Waals surface area contributed by atoms with Gasteiger partial charge in [-0.05, 0) is 30.7 Å². The average molecular weight is 388 g/mol. The third-order valence-corrected chi connectivity index (χ3v) is 4.92. The van der Waals surface area contributed by atoms with Gasteiger partial charge in [-0.2, -0.15) is 0 Å². The summed E-state index contributed by atoms with van der Waals surface area (Å²) in [4.78, 5) is 27.5. The van der Waals surface area contributed by atoms with Gasteiger partial charge in [0.05, 0.1) is 17.0 Å². The monoisotopic (exact) mass is 387 g/mol. The molecule has 2 aromatic carbocycles. The summed E-state index contributed by atoms with van der Waals surface area (Å²) < 4.78 is 20.2. The highest BCUT2D eigenvalue weighted by molar-refractivity contribution is 6.31. The first-order chi connectivity index (χ1) is 13.0. The van der Waals surface area contributed by atoms with Crippen molar-refractivity contribution < 1.29 is 18.7 Å². The smallest absolute Gasteiger partial charge is 0.290 e. The third-order valence-electron chi connectivity index (χ3n) is 4.68. The van der Waals surface area contributed by atoms with Crippen LogP contribution < -0.4 is 5.43 Å². The largest absolute Gasteiger partial charge is 0.450 e. The predicted octanol–water partition coefficient (Wildman–Crippen LogP) is 3.51. The molecule has 0 radical (unpaired) electrons. The first-order valence-corrected chi connectivity index (χ1v) is 8.83. The van der Waals surface area contributed by atoms with Crippen LogP contribution >= 0.6 is 11.6 Å². The quantitative estimate of drug-likeness (QED) is 0.743. The molecule has 0 fully saturated rings. The highest BCUT2D eigenvalue weighted by Crippen LogP contribution is 2.39. The molecule has 1 amide bonds. The lowest BCUT2D eigenvalue weighted by Gasteiger charge is -2.25. The second-order valence-electron chi connectivity index (χ2n) is 6.31. The topological polar surface area (TPSA) is 70.8 Å². The van der Waals surface area contributed by atoms with E-state index < -0.39 is 23.2 Å². The fourth-order valence-corrected chi connectivity index (χ4v) is 3.66. The van der Waals surface area contributed by atoms with Crippen molar-refractivity contribution >= 4 is 28.5 Å². The normalized spacial score (nSPS) is 16.2. The van der Waals surface area contributed by atoms with Gasteiger partial charge in [0.2, 0.25) is 5.76 Å². The molecule has 1 atom stereocenters. The standard InChI is InChI=1S/C20H15ClFNO4/c21-11-6-7-15-13(10-11)18(25)16-17(12-4-1-2-5-14(12)22)23(8-3-9-24)20(26)19(16)27-15/h1-2,4-7,10,17,24H,3,8-9H2. The van der Waals surface area contributed by atoms with E-state index >= 15 is 0 Å². The van der Waals surface area contributed by atoms with Crippen LogP contribution in [0.5, 0.6) is 0 Å². The molecule has 1 aliphatic heterocycles. The lowest BCUT2D eigenvalue weighted by Crippen LogP contribution is -2.31. The second kappa shape index (κ2) is 6.79. The Morgan fingerprint density at radius 1 is 1.19 bits per heavy atom. The van der Waals surface area contributed by atoms with E-state index in [2.05, 4.69) is 0 Å². The highest BCUT2D eigenvalue weighted by atomic mass is 35.5. The molecule has 0 saturated heterocycles. The van der Waals surface area contributed by atoms with E-state index in [9.17, 15) is 14.0 Å². The molecule has 4 rings (SSSR count). The Labute approximate surface area is 158 Å². The van der Waals surface area contributed by atoms with E-state index in [0.29, 0.717) is 11.4 Å². The number of carbonyl (C=O) groups excluding carboxylic acids is 1. The Morgan fingerprint density at radius 2 is 1.96 bits per heavy atom. The van der Waals surface area contributed by atoms with Crippen LogP contribution in [0.4, 0.5) is 4.39 Å². The van der Waals surface area contributed by atoms with E-state index in [-0.39, 0.29) is 41.0 Å². The number of fused-ring (bicyclic) bond motifs is 2. The molecular weight excluding hydrogens is 373 g/mol. The molecule has 27 heavy (non-hydrogen) atoms. The summed E-state index contributed by atoms with van der Waals surface area (Å²) in [5, 5.41) is 9.76. The molecule has 7 heteroatoms. The molecule has 5 nitrogen and oxygen atoms in total. The maximum absolute atomic E-state index is 14.5. The van der Waals surface area contributed by atoms with Crippen molar-refractivity contribution in [2.45, 2.75) is 12.5 Å². The second-order valence-corrected chi connectivity index (χ2v) is 6.75. The van der Waals surface area contributed by atoms with Crippen LogP contribution in [0.15, 0.2) is 51.7 Å². The van der Waals surface area contributed by atoms with Gasteiger partial charge in [-0.1, -0.05) is 29.8 Å². The number of hydrogen-bond acceptors (Lipinski definition) is 4. The fourth-order valence-electron chi connectivity index (χ4n) is 3.48. The van der Waals surface area contributed by atoms with Crippen LogP contribution in [-0.4, -0.2) is 29.1 Å². The van der Waals surface area contributed by atoms with Crippen LogP contribution in [0.1, 0.15) is 34.1 Å². The Kier molecular flexibility index (Phi) is 4.45. The summed E-state index contributed by atoms with van der Waals surface area (Å²) in [6, 6.07) is 9.65. The van der Waals surface area contributed by atoms with Crippen molar-refractivity contribution in [3.8, 4) is 0 Å². The van der Waals surface area contributed by atoms with Gasteiger partial charge in [-0.25, -0.2) is 4.39 Å². The molecule has 138 valence electrons. The van der Waals surface area contributed by atoms with Gasteiger partial charge in [-0.15, -0.1) is 0 Å². The molecule has 1 aromatic heterocycles. The average Bonchev–Trinajstić information content (AvgIpc) is 2.93. The third kappa shape index (κ3) is 2.81. The molecule has 2 heterocycles. The summed E-state index contributed by atoms with van der Waals surface area (Å²) in [7, 11) is 0. The van der Waals surface area contributed by atoms with Crippen LogP contribution in [0.2, 0.25) is 5.02 Å². The molecule has 1 aliphatic rings. The van der Waals surface area contributed by atoms with Crippen molar-refractivity contribution in [2.24, 2.45) is 0 Å². The van der Waals surface area contributed by atoms with Gasteiger partial charge in [0.25, 0.3) is 5.91 Å². The van der Waals surface area contributed by atoms with Crippen molar-refractivity contribution in [1.82, 2.24) is 4.90 Å². The molecular formula is C20H15ClFNO4. The first-order valence-electron chi connectivity index (χ1n) is 8.45. The maximum Gasteiger partial charge on any atom is 0.290 e. The number of nitrogens with zero attached hydrogens (tertiary/aromatic N) is 1. The number of carbonyl (C=O) groups is 1. The zero-order valence-electron chi connectivity index (χ0n) is 14.1. The summed E-state index contributed by atoms with van der Waals surface area (Å²) >= 11 is 6.00. The van der Waals surface area contributed by atoms with Crippen LogP contribution in [0.25, 0.3) is 11.0 Å². The molecule has 0 spiro atoms. The summed E-state index contributed by atoms with van der Waals surface area (Å²) in [6.45, 7) is 0.0259. The number of amides is 1. The van der Waals surface area contributed by atoms with Crippen molar-refractivity contribution in [3.63, 3.8) is 0 Å². The molecule has 0 saturated carbocycles. The van der Waals surface area contributed by atoms with Crippen LogP contribution in [0, 0.1) is 5.82 Å². The van der Waals surface area contributed by atoms with Gasteiger partial charge < -0.3 is 14.4 Å². The van der Waals surface area contributed by atoms with E-state index in [1.54, 1.807) is 12.1 Å². The number of benzene rings is 2. The number of rotatable bonds is 4. The molecule has 1 unspecified atom stereocenters. The SMILES string of the molecule is O=C1c2oc3ccc(Cl)cc3c(=O)c2C(c2ccccc2F)N1CCCO. The molecule has 0 bridgehead atoms. The highest BCUT2D eigenvalue weighted by Gasteiger charge is 2.43. The van der Waals surface area contributed by atoms with Crippen LogP contribution in [0.3, 0.4) is 0 Å². The molecule has 1 N–H and O–H groups in total. The summed E-state index contributed by atoms with van der Waals surface area (Å²) in [6.07, 6.45) is 0.296. The zero-order chi connectivity index (χ0) is 19.1.